The van der Waals surface area contributed by atoms with Crippen molar-refractivity contribution >= 4 is 5.71 Å². The van der Waals surface area contributed by atoms with Gasteiger partial charge in [0.2, 0.25) is 0 Å². The number of unbranched alkanes of at least 4 members (excludes halogenated alkanes) is 1. The van der Waals surface area contributed by atoms with E-state index in [0.29, 0.717) is 5.92 Å². The molecule has 0 heterocycles. The molecular formula is C14H25N. The summed E-state index contributed by atoms with van der Waals surface area (Å²) in [5, 5.41) is 8.12. The molecule has 1 atom stereocenters. The van der Waals surface area contributed by atoms with Crippen LogP contribution in [0.15, 0.2) is 11.1 Å². The minimum atomic E-state index is 0.685. The predicted molar refractivity (Wildman–Crippen MR) is 67.6 cm³/mol. The molecule has 0 bridgehead atoms. The minimum Gasteiger partial charge on any atom is -0.305 e. The molecule has 86 valence electrons. The summed E-state index contributed by atoms with van der Waals surface area (Å²) in [6, 6.07) is 0. The van der Waals surface area contributed by atoms with Crippen LogP contribution in [0.2, 0.25) is 0 Å². The largest absolute Gasteiger partial charge is 0.305 e. The SMILES string of the molecule is CCCCC1CCCCC(=N)C1=C(C)C. The van der Waals surface area contributed by atoms with Gasteiger partial charge in [-0.2, -0.15) is 0 Å². The maximum atomic E-state index is 8.12. The highest BCUT2D eigenvalue weighted by molar-refractivity contribution is 5.98. The van der Waals surface area contributed by atoms with E-state index in [4.69, 9.17) is 5.41 Å². The molecule has 0 radical (unpaired) electrons. The van der Waals surface area contributed by atoms with Gasteiger partial charge in [-0.3, -0.25) is 0 Å². The fourth-order valence-corrected chi connectivity index (χ4v) is 2.67. The lowest BCUT2D eigenvalue weighted by atomic mass is 9.86. The van der Waals surface area contributed by atoms with Crippen molar-refractivity contribution in [1.29, 1.82) is 5.41 Å². The van der Waals surface area contributed by atoms with E-state index in [9.17, 15) is 0 Å². The van der Waals surface area contributed by atoms with Crippen molar-refractivity contribution in [3.05, 3.63) is 11.1 Å². The maximum Gasteiger partial charge on any atom is 0.0348 e. The molecule has 0 aromatic rings. The summed E-state index contributed by atoms with van der Waals surface area (Å²) < 4.78 is 0. The van der Waals surface area contributed by atoms with Gasteiger partial charge in [0.15, 0.2) is 0 Å². The minimum absolute atomic E-state index is 0.685. The van der Waals surface area contributed by atoms with E-state index in [-0.39, 0.29) is 0 Å². The molecule has 1 aliphatic carbocycles. The number of nitrogens with one attached hydrogen (secondary N) is 1. The Morgan fingerprint density at radius 3 is 2.67 bits per heavy atom. The van der Waals surface area contributed by atoms with E-state index >= 15 is 0 Å². The molecular weight excluding hydrogens is 182 g/mol. The second-order valence-electron chi connectivity index (χ2n) is 4.98. The van der Waals surface area contributed by atoms with Crippen LogP contribution in [-0.4, -0.2) is 5.71 Å². The van der Waals surface area contributed by atoms with Crippen LogP contribution in [0, 0.1) is 11.3 Å². The Hall–Kier alpha value is -0.590. The van der Waals surface area contributed by atoms with Gasteiger partial charge >= 0.3 is 0 Å². The van der Waals surface area contributed by atoms with Gasteiger partial charge in [0.05, 0.1) is 0 Å². The third kappa shape index (κ3) is 3.48. The Labute approximate surface area is 94.5 Å². The highest BCUT2D eigenvalue weighted by Gasteiger charge is 2.21. The highest BCUT2D eigenvalue weighted by atomic mass is 14.5. The molecule has 0 aliphatic heterocycles. The first-order valence-electron chi connectivity index (χ1n) is 6.42. The monoisotopic (exact) mass is 207 g/mol. The van der Waals surface area contributed by atoms with Gasteiger partial charge in [-0.15, -0.1) is 0 Å². The van der Waals surface area contributed by atoms with Crippen molar-refractivity contribution < 1.29 is 0 Å². The summed E-state index contributed by atoms with van der Waals surface area (Å²) in [7, 11) is 0. The van der Waals surface area contributed by atoms with Crippen LogP contribution >= 0.6 is 0 Å². The van der Waals surface area contributed by atoms with Crippen LogP contribution in [0.4, 0.5) is 0 Å². The number of allylic oxidation sites excluding steroid dienone is 2. The van der Waals surface area contributed by atoms with Gasteiger partial charge in [0, 0.05) is 5.71 Å². The molecule has 1 unspecified atom stereocenters. The summed E-state index contributed by atoms with van der Waals surface area (Å²) in [5.74, 6) is 0.685. The number of hydrogen-bond donors (Lipinski definition) is 1. The molecule has 0 aromatic heterocycles. The van der Waals surface area contributed by atoms with E-state index in [2.05, 4.69) is 20.8 Å². The van der Waals surface area contributed by atoms with Gasteiger partial charge in [-0.05, 0) is 51.0 Å². The summed E-state index contributed by atoms with van der Waals surface area (Å²) in [4.78, 5) is 0. The average molecular weight is 207 g/mol. The lowest BCUT2D eigenvalue weighted by Gasteiger charge is -2.19. The molecule has 1 rings (SSSR count). The summed E-state index contributed by atoms with van der Waals surface area (Å²) >= 11 is 0. The Morgan fingerprint density at radius 2 is 2.07 bits per heavy atom. The van der Waals surface area contributed by atoms with Gasteiger partial charge in [0.1, 0.15) is 0 Å². The molecule has 0 amide bonds. The lowest BCUT2D eigenvalue weighted by molar-refractivity contribution is 0.492. The van der Waals surface area contributed by atoms with Crippen LogP contribution in [0.5, 0.6) is 0 Å². The summed E-state index contributed by atoms with van der Waals surface area (Å²) in [6.45, 7) is 6.60. The molecule has 0 saturated heterocycles. The first-order valence-corrected chi connectivity index (χ1v) is 6.42. The second kappa shape index (κ2) is 6.09. The fraction of sp³-hybridized carbons (Fsp3) is 0.786. The van der Waals surface area contributed by atoms with Crippen molar-refractivity contribution in [3.8, 4) is 0 Å². The fourth-order valence-electron chi connectivity index (χ4n) is 2.67. The van der Waals surface area contributed by atoms with E-state index < -0.39 is 0 Å². The normalized spacial score (nSPS) is 22.7. The Balaban J connectivity index is 2.79. The third-order valence-corrected chi connectivity index (χ3v) is 3.41. The predicted octanol–water partition coefficient (Wildman–Crippen LogP) is 4.72. The molecule has 1 aliphatic rings. The molecule has 1 N–H and O–H groups in total. The van der Waals surface area contributed by atoms with Crippen molar-refractivity contribution in [2.24, 2.45) is 5.92 Å². The van der Waals surface area contributed by atoms with Gasteiger partial charge < -0.3 is 5.41 Å². The molecule has 1 heteroatoms. The van der Waals surface area contributed by atoms with E-state index in [1.165, 1.54) is 49.7 Å². The van der Waals surface area contributed by atoms with Crippen molar-refractivity contribution in [3.63, 3.8) is 0 Å². The van der Waals surface area contributed by atoms with Crippen LogP contribution < -0.4 is 0 Å². The average Bonchev–Trinajstić information content (AvgIpc) is 2.36. The lowest BCUT2D eigenvalue weighted by Crippen LogP contribution is -2.11. The van der Waals surface area contributed by atoms with Gasteiger partial charge in [0.25, 0.3) is 0 Å². The zero-order valence-corrected chi connectivity index (χ0v) is 10.5. The highest BCUT2D eigenvalue weighted by Crippen LogP contribution is 2.31. The topological polar surface area (TPSA) is 23.9 Å². The van der Waals surface area contributed by atoms with E-state index in [0.717, 1.165) is 12.1 Å². The first-order chi connectivity index (χ1) is 7.16. The maximum absolute atomic E-state index is 8.12. The summed E-state index contributed by atoms with van der Waals surface area (Å²) in [5.41, 5.74) is 3.69. The Bertz CT molecular complexity index is 246. The zero-order chi connectivity index (χ0) is 11.3. The van der Waals surface area contributed by atoms with Crippen LogP contribution in [-0.2, 0) is 0 Å². The van der Waals surface area contributed by atoms with E-state index in [1.807, 2.05) is 0 Å². The molecule has 0 spiro atoms. The van der Waals surface area contributed by atoms with Crippen molar-refractivity contribution in [2.75, 3.05) is 0 Å². The van der Waals surface area contributed by atoms with Crippen molar-refractivity contribution in [2.45, 2.75) is 65.7 Å². The first kappa shape index (κ1) is 12.5. The molecule has 1 fully saturated rings. The zero-order valence-electron chi connectivity index (χ0n) is 10.5. The number of rotatable bonds is 3. The quantitative estimate of drug-likeness (QED) is 0.647. The van der Waals surface area contributed by atoms with Crippen molar-refractivity contribution in [1.82, 2.24) is 0 Å². The molecule has 0 aromatic carbocycles. The Morgan fingerprint density at radius 1 is 1.33 bits per heavy atom. The standard InChI is InChI=1S/C14H25N/c1-4-5-8-12-9-6-7-10-13(15)14(12)11(2)3/h12,15H,4-10H2,1-3H3. The summed E-state index contributed by atoms with van der Waals surface area (Å²) in [6.07, 6.45) is 8.73. The smallest absolute Gasteiger partial charge is 0.0348 e. The van der Waals surface area contributed by atoms with Crippen LogP contribution in [0.25, 0.3) is 0 Å². The number of hydrogen-bond acceptors (Lipinski definition) is 1. The van der Waals surface area contributed by atoms with Crippen LogP contribution in [0.1, 0.15) is 65.7 Å². The van der Waals surface area contributed by atoms with Gasteiger partial charge in [-0.1, -0.05) is 31.8 Å². The third-order valence-electron chi connectivity index (χ3n) is 3.41. The van der Waals surface area contributed by atoms with Crippen LogP contribution in [0.3, 0.4) is 0 Å². The Kier molecular flexibility index (Phi) is 5.07. The molecule has 1 saturated carbocycles. The van der Waals surface area contributed by atoms with Gasteiger partial charge in [-0.25, -0.2) is 0 Å². The second-order valence-corrected chi connectivity index (χ2v) is 4.98. The molecule has 15 heavy (non-hydrogen) atoms. The molecule has 1 nitrogen and oxygen atoms in total. The van der Waals surface area contributed by atoms with E-state index in [1.54, 1.807) is 0 Å².